The Balaban J connectivity index is 1.89. The van der Waals surface area contributed by atoms with Crippen LogP contribution in [0.5, 0.6) is 0 Å². The van der Waals surface area contributed by atoms with Gasteiger partial charge in [-0.1, -0.05) is 53.6 Å². The number of hydrogen-bond acceptors (Lipinski definition) is 3. The summed E-state index contributed by atoms with van der Waals surface area (Å²) in [5.41, 5.74) is 3.32. The number of ether oxygens (including phenoxy) is 1. The van der Waals surface area contributed by atoms with Crippen LogP contribution in [0.15, 0.2) is 48.6 Å². The average Bonchev–Trinajstić information content (AvgIpc) is 3.11. The van der Waals surface area contributed by atoms with Crippen LogP contribution in [0.3, 0.4) is 0 Å². The number of hydrogen-bond donors (Lipinski definition) is 1. The Hall–Kier alpha value is -1.97. The Labute approximate surface area is 156 Å². The first-order valence-corrected chi connectivity index (χ1v) is 8.95. The maximum Gasteiger partial charge on any atom is 0.338 e. The van der Waals surface area contributed by atoms with Crippen molar-refractivity contribution in [2.24, 2.45) is 5.92 Å². The largest absolute Gasteiger partial charge is 0.465 e. The molecule has 1 aliphatic carbocycles. The molecule has 0 amide bonds. The van der Waals surface area contributed by atoms with Crippen LogP contribution in [0, 0.1) is 5.92 Å². The number of fused-ring (bicyclic) bond motifs is 3. The second-order valence-electron chi connectivity index (χ2n) is 6.37. The van der Waals surface area contributed by atoms with Crippen LogP contribution < -0.4 is 5.32 Å². The highest BCUT2D eigenvalue weighted by molar-refractivity contribution is 6.34. The number of carbonyl (C=O) groups is 1. The molecule has 2 aliphatic rings. The molecule has 1 N–H and O–H groups in total. The highest BCUT2D eigenvalue weighted by atomic mass is 35.5. The lowest BCUT2D eigenvalue weighted by atomic mass is 9.75. The lowest BCUT2D eigenvalue weighted by Crippen LogP contribution is -2.31. The first kappa shape index (κ1) is 16.5. The van der Waals surface area contributed by atoms with Crippen LogP contribution in [-0.4, -0.2) is 13.1 Å². The zero-order valence-electron chi connectivity index (χ0n) is 13.6. The van der Waals surface area contributed by atoms with E-state index in [9.17, 15) is 4.79 Å². The molecule has 128 valence electrons. The fourth-order valence-corrected chi connectivity index (χ4v) is 4.47. The predicted octanol–water partition coefficient (Wildman–Crippen LogP) is 5.61. The summed E-state index contributed by atoms with van der Waals surface area (Å²) in [6, 6.07) is 11.4. The maximum atomic E-state index is 12.3. The summed E-state index contributed by atoms with van der Waals surface area (Å²) in [7, 11) is 1.40. The van der Waals surface area contributed by atoms with Crippen molar-refractivity contribution in [3.63, 3.8) is 0 Å². The first-order valence-electron chi connectivity index (χ1n) is 8.20. The van der Waals surface area contributed by atoms with Gasteiger partial charge < -0.3 is 10.1 Å². The van der Waals surface area contributed by atoms with Crippen LogP contribution in [0.4, 0.5) is 5.69 Å². The van der Waals surface area contributed by atoms with E-state index >= 15 is 0 Å². The molecule has 0 unspecified atom stereocenters. The average molecular weight is 374 g/mol. The van der Waals surface area contributed by atoms with Crippen LogP contribution in [-0.2, 0) is 4.74 Å². The minimum atomic E-state index is -0.343. The second kappa shape index (κ2) is 6.40. The number of anilines is 1. The highest BCUT2D eigenvalue weighted by Crippen LogP contribution is 2.53. The van der Waals surface area contributed by atoms with Gasteiger partial charge in [0.25, 0.3) is 0 Å². The van der Waals surface area contributed by atoms with E-state index in [4.69, 9.17) is 27.9 Å². The zero-order valence-corrected chi connectivity index (χ0v) is 15.1. The lowest BCUT2D eigenvalue weighted by Gasteiger charge is -2.39. The number of carbonyl (C=O) groups excluding carboxylic acids is 1. The molecule has 3 atom stereocenters. The van der Waals surface area contributed by atoms with Crippen molar-refractivity contribution < 1.29 is 9.53 Å². The van der Waals surface area contributed by atoms with Gasteiger partial charge in [0.1, 0.15) is 0 Å². The van der Waals surface area contributed by atoms with Crippen LogP contribution in [0.25, 0.3) is 0 Å². The quantitative estimate of drug-likeness (QED) is 0.549. The third kappa shape index (κ3) is 2.62. The standard InChI is InChI=1S/C20H17Cl2NO2/c1-25-20(24)14-9-10-16(22)19-17(14)11-6-4-7-12(11)18(23-19)13-5-2-3-8-15(13)21/h2-6,8-12,18,23H,7H2,1H3/t11-,12+,18-/m1/s1. The summed E-state index contributed by atoms with van der Waals surface area (Å²) in [6.45, 7) is 0. The second-order valence-corrected chi connectivity index (χ2v) is 7.19. The molecular weight excluding hydrogens is 357 g/mol. The Bertz CT molecular complexity index is 878. The number of esters is 1. The van der Waals surface area contributed by atoms with Gasteiger partial charge in [0.05, 0.1) is 29.4 Å². The van der Waals surface area contributed by atoms with Gasteiger partial charge in [-0.05, 0) is 41.7 Å². The van der Waals surface area contributed by atoms with Gasteiger partial charge in [-0.3, -0.25) is 0 Å². The fraction of sp³-hybridized carbons (Fsp3) is 0.250. The molecule has 0 aromatic heterocycles. The molecule has 0 saturated carbocycles. The maximum absolute atomic E-state index is 12.3. The minimum absolute atomic E-state index is 0.0339. The van der Waals surface area contributed by atoms with E-state index < -0.39 is 0 Å². The van der Waals surface area contributed by atoms with E-state index in [1.165, 1.54) is 7.11 Å². The number of methoxy groups -OCH3 is 1. The van der Waals surface area contributed by atoms with E-state index in [-0.39, 0.29) is 23.8 Å². The van der Waals surface area contributed by atoms with Gasteiger partial charge in [0.15, 0.2) is 0 Å². The van der Waals surface area contributed by atoms with E-state index in [0.29, 0.717) is 10.6 Å². The van der Waals surface area contributed by atoms with Crippen LogP contribution in [0.1, 0.15) is 39.9 Å². The van der Waals surface area contributed by atoms with Gasteiger partial charge in [0, 0.05) is 10.9 Å². The summed E-state index contributed by atoms with van der Waals surface area (Å²) >= 11 is 12.9. The molecule has 2 aromatic rings. The zero-order chi connectivity index (χ0) is 17.6. The van der Waals surface area contributed by atoms with Crippen molar-refractivity contribution in [1.29, 1.82) is 0 Å². The fourth-order valence-electron chi connectivity index (χ4n) is 4.00. The monoisotopic (exact) mass is 373 g/mol. The third-order valence-electron chi connectivity index (χ3n) is 5.11. The van der Waals surface area contributed by atoms with Gasteiger partial charge in [-0.15, -0.1) is 0 Å². The van der Waals surface area contributed by atoms with Crippen LogP contribution in [0.2, 0.25) is 10.0 Å². The number of rotatable bonds is 2. The molecule has 0 spiro atoms. The number of halogens is 2. The molecule has 0 bridgehead atoms. The summed E-state index contributed by atoms with van der Waals surface area (Å²) in [5.74, 6) is 0.0320. The molecule has 4 rings (SSSR count). The Morgan fingerprint density at radius 2 is 1.96 bits per heavy atom. The predicted molar refractivity (Wildman–Crippen MR) is 101 cm³/mol. The molecule has 1 heterocycles. The smallest absolute Gasteiger partial charge is 0.338 e. The van der Waals surface area contributed by atoms with Crippen molar-refractivity contribution in [2.75, 3.05) is 12.4 Å². The molecule has 5 heteroatoms. The summed E-state index contributed by atoms with van der Waals surface area (Å²) in [5, 5.41) is 4.88. The van der Waals surface area contributed by atoms with Crippen LogP contribution >= 0.6 is 23.2 Å². The Morgan fingerprint density at radius 1 is 1.16 bits per heavy atom. The van der Waals surface area contributed by atoms with Gasteiger partial charge in [0.2, 0.25) is 0 Å². The molecule has 25 heavy (non-hydrogen) atoms. The number of allylic oxidation sites excluding steroid dienone is 2. The molecule has 0 fully saturated rings. The van der Waals surface area contributed by atoms with Gasteiger partial charge >= 0.3 is 5.97 Å². The molecule has 0 radical (unpaired) electrons. The SMILES string of the molecule is COC(=O)c1ccc(Cl)c2c1[C@@H]1C=CC[C@@H]1[C@H](c1ccccc1Cl)N2. The molecule has 2 aromatic carbocycles. The van der Waals surface area contributed by atoms with Crippen molar-refractivity contribution in [1.82, 2.24) is 0 Å². The van der Waals surface area contributed by atoms with Gasteiger partial charge in [-0.2, -0.15) is 0 Å². The van der Waals surface area contributed by atoms with Gasteiger partial charge in [-0.25, -0.2) is 4.79 Å². The summed E-state index contributed by atoms with van der Waals surface area (Å²) in [4.78, 5) is 12.3. The Morgan fingerprint density at radius 3 is 2.72 bits per heavy atom. The normalized spacial score (nSPS) is 23.6. The van der Waals surface area contributed by atoms with Crippen molar-refractivity contribution in [3.05, 3.63) is 75.3 Å². The number of nitrogens with one attached hydrogen (secondary N) is 1. The topological polar surface area (TPSA) is 38.3 Å². The minimum Gasteiger partial charge on any atom is -0.465 e. The van der Waals surface area contributed by atoms with E-state index in [1.54, 1.807) is 12.1 Å². The highest BCUT2D eigenvalue weighted by Gasteiger charge is 2.41. The van der Waals surface area contributed by atoms with Crippen molar-refractivity contribution >= 4 is 34.9 Å². The van der Waals surface area contributed by atoms with E-state index in [1.807, 2.05) is 24.3 Å². The van der Waals surface area contributed by atoms with Crippen molar-refractivity contribution in [2.45, 2.75) is 18.4 Å². The third-order valence-corrected chi connectivity index (χ3v) is 5.77. The lowest BCUT2D eigenvalue weighted by molar-refractivity contribution is 0.0598. The van der Waals surface area contributed by atoms with Crippen molar-refractivity contribution in [3.8, 4) is 0 Å². The number of benzene rings is 2. The summed E-state index contributed by atoms with van der Waals surface area (Å²) in [6.07, 6.45) is 5.25. The molecule has 1 aliphatic heterocycles. The first-order chi connectivity index (χ1) is 12.1. The van der Waals surface area contributed by atoms with E-state index in [2.05, 4.69) is 17.5 Å². The molecular formula is C20H17Cl2NO2. The summed E-state index contributed by atoms with van der Waals surface area (Å²) < 4.78 is 4.97. The molecule has 0 saturated heterocycles. The Kier molecular flexibility index (Phi) is 4.22. The molecule has 3 nitrogen and oxygen atoms in total. The van der Waals surface area contributed by atoms with E-state index in [0.717, 1.165) is 28.3 Å².